The van der Waals surface area contributed by atoms with Gasteiger partial charge in [-0.05, 0) is 48.6 Å². The van der Waals surface area contributed by atoms with Crippen molar-refractivity contribution in [3.63, 3.8) is 0 Å². The Morgan fingerprint density at radius 3 is 1.00 bits per heavy atom. The normalized spacial score (nSPS) is 12.2. The van der Waals surface area contributed by atoms with E-state index in [0.29, 0.717) is 45.9 Å². The van der Waals surface area contributed by atoms with Gasteiger partial charge >= 0.3 is 16.8 Å². The SMILES string of the molecule is C1=Cc2nc1nc1ccc(nc3nc(nc4ccc(n2)[n-]4)C=C3)[n-]1.[Co+2]. The molecule has 0 aliphatic carbocycles. The molecule has 0 atom stereocenters. The average molecular weight is 371 g/mol. The van der Waals surface area contributed by atoms with Crippen LogP contribution in [-0.4, -0.2) is 29.9 Å². The summed E-state index contributed by atoms with van der Waals surface area (Å²) in [5.41, 5.74) is 2.15. The largest absolute Gasteiger partial charge is 2.00 e. The van der Waals surface area contributed by atoms with E-state index < -0.39 is 0 Å². The van der Waals surface area contributed by atoms with Crippen LogP contribution in [0.3, 0.4) is 0 Å². The van der Waals surface area contributed by atoms with Crippen LogP contribution in [0.15, 0.2) is 24.3 Å². The van der Waals surface area contributed by atoms with Gasteiger partial charge in [-0.2, -0.15) is 0 Å². The number of fused-ring (bicyclic) bond motifs is 8. The maximum Gasteiger partial charge on any atom is 2.00 e. The minimum atomic E-state index is 0. The molecule has 0 saturated carbocycles. The van der Waals surface area contributed by atoms with Crippen LogP contribution < -0.4 is 9.97 Å². The Balaban J connectivity index is 0.00000157. The van der Waals surface area contributed by atoms with Crippen molar-refractivity contribution in [2.75, 3.05) is 0 Å². The van der Waals surface area contributed by atoms with Gasteiger partial charge in [0.15, 0.2) is 0 Å². The number of hydrogen-bond donors (Lipinski definition) is 0. The van der Waals surface area contributed by atoms with Crippen LogP contribution >= 0.6 is 0 Å². The van der Waals surface area contributed by atoms with Crippen LogP contribution in [-0.2, 0) is 16.8 Å². The van der Waals surface area contributed by atoms with Crippen LogP contribution in [0, 0.1) is 0 Å². The van der Waals surface area contributed by atoms with Crippen molar-refractivity contribution in [1.29, 1.82) is 0 Å². The number of nitrogens with zero attached hydrogens (tertiary/aromatic N) is 8. The predicted molar refractivity (Wildman–Crippen MR) is 88.0 cm³/mol. The first-order valence-electron chi connectivity index (χ1n) is 7.22. The summed E-state index contributed by atoms with van der Waals surface area (Å²) in [6.07, 6.45) is 7.12. The fraction of sp³-hybridized carbons (Fsp3) is 0. The molecule has 3 aromatic heterocycles. The van der Waals surface area contributed by atoms with Gasteiger partial charge in [-0.3, -0.25) is 0 Å². The van der Waals surface area contributed by atoms with Gasteiger partial charge in [0.05, 0.1) is 23.3 Å². The second-order valence-electron chi connectivity index (χ2n) is 5.09. The molecule has 9 heteroatoms. The molecule has 1 radical (unpaired) electrons. The third kappa shape index (κ3) is 3.10. The first-order chi connectivity index (χ1) is 11.8. The smallest absolute Gasteiger partial charge is 0.358 e. The predicted octanol–water partition coefficient (Wildman–Crippen LogP) is 1.49. The van der Waals surface area contributed by atoms with Crippen LogP contribution in [0.25, 0.3) is 46.9 Å². The second kappa shape index (κ2) is 6.04. The van der Waals surface area contributed by atoms with Gasteiger partial charge in [-0.15, -0.1) is 0 Å². The number of hydrogen-bond acceptors (Lipinski definition) is 6. The van der Waals surface area contributed by atoms with Gasteiger partial charge in [0.1, 0.15) is 0 Å². The molecule has 0 saturated heterocycles. The fourth-order valence-electron chi connectivity index (χ4n) is 2.33. The number of rotatable bonds is 0. The molecular formula is C16H8CoN8. The molecule has 2 aliphatic heterocycles. The molecule has 0 amide bonds. The maximum absolute atomic E-state index is 4.37. The molecule has 0 unspecified atom stereocenters. The summed E-state index contributed by atoms with van der Waals surface area (Å²) >= 11 is 0. The Kier molecular flexibility index (Phi) is 3.71. The monoisotopic (exact) mass is 371 g/mol. The zero-order valence-electron chi connectivity index (χ0n) is 12.5. The van der Waals surface area contributed by atoms with Gasteiger partial charge in [0.25, 0.3) is 0 Å². The average Bonchev–Trinajstić information content (AvgIpc) is 3.32. The van der Waals surface area contributed by atoms with E-state index in [4.69, 9.17) is 0 Å². The van der Waals surface area contributed by atoms with Gasteiger partial charge in [0, 0.05) is 22.6 Å². The summed E-state index contributed by atoms with van der Waals surface area (Å²) in [4.78, 5) is 34.8. The Hall–Kier alpha value is -3.17. The molecule has 8 nitrogen and oxygen atoms in total. The van der Waals surface area contributed by atoms with E-state index in [1.165, 1.54) is 0 Å². The maximum atomic E-state index is 4.37. The van der Waals surface area contributed by atoms with E-state index in [-0.39, 0.29) is 16.8 Å². The zero-order chi connectivity index (χ0) is 15.9. The van der Waals surface area contributed by atoms with Crippen LogP contribution in [0.2, 0.25) is 0 Å². The molecule has 8 bridgehead atoms. The Morgan fingerprint density at radius 1 is 0.440 bits per heavy atom. The Labute approximate surface area is 151 Å². The number of aromatic nitrogens is 8. The summed E-state index contributed by atoms with van der Waals surface area (Å²) in [5.74, 6) is 2.15. The van der Waals surface area contributed by atoms with E-state index in [1.54, 1.807) is 48.6 Å². The van der Waals surface area contributed by atoms with E-state index in [2.05, 4.69) is 39.9 Å². The molecule has 0 aromatic carbocycles. The first kappa shape index (κ1) is 15.4. The quantitative estimate of drug-likeness (QED) is 0.403. The minimum absolute atomic E-state index is 0. The molecule has 0 N–H and O–H groups in total. The van der Waals surface area contributed by atoms with Crippen LogP contribution in [0.1, 0.15) is 23.3 Å². The van der Waals surface area contributed by atoms with Gasteiger partial charge < -0.3 is 29.9 Å². The van der Waals surface area contributed by atoms with E-state index in [1.807, 2.05) is 0 Å². The third-order valence-electron chi connectivity index (χ3n) is 3.36. The van der Waals surface area contributed by atoms with E-state index in [9.17, 15) is 0 Å². The van der Waals surface area contributed by atoms with Gasteiger partial charge in [-0.25, -0.2) is 9.97 Å². The van der Waals surface area contributed by atoms with Crippen molar-refractivity contribution in [3.8, 4) is 0 Å². The molecule has 5 rings (SSSR count). The van der Waals surface area contributed by atoms with Crippen molar-refractivity contribution in [1.82, 2.24) is 39.9 Å². The minimum Gasteiger partial charge on any atom is -0.358 e. The van der Waals surface area contributed by atoms with Crippen molar-refractivity contribution in [2.24, 2.45) is 0 Å². The fourth-order valence-corrected chi connectivity index (χ4v) is 2.33. The molecule has 5 heterocycles. The third-order valence-corrected chi connectivity index (χ3v) is 3.36. The second-order valence-corrected chi connectivity index (χ2v) is 5.09. The summed E-state index contributed by atoms with van der Waals surface area (Å²) in [5, 5.41) is 0. The molecule has 0 fully saturated rings. The van der Waals surface area contributed by atoms with Gasteiger partial charge in [0.2, 0.25) is 0 Å². The summed E-state index contributed by atoms with van der Waals surface area (Å²) < 4.78 is 0. The van der Waals surface area contributed by atoms with Gasteiger partial charge in [-0.1, -0.05) is 0 Å². The molecule has 3 aromatic rings. The molecule has 2 aliphatic rings. The first-order valence-corrected chi connectivity index (χ1v) is 7.22. The topological polar surface area (TPSA) is 106 Å². The standard InChI is InChI=1S/C16H8N8.Co/c1-2-10-17-9(1)21-11-3-4-13(18-11)23-15-7-8-16(20-15)24-14-6-5-12(19-14)22-10;/h1-8H;/q-2;+2. The molecule has 0 spiro atoms. The zero-order valence-corrected chi connectivity index (χ0v) is 13.6. The summed E-state index contributed by atoms with van der Waals surface area (Å²) in [6, 6.07) is 7.12. The van der Waals surface area contributed by atoms with Crippen molar-refractivity contribution >= 4 is 46.9 Å². The molecular weight excluding hydrogens is 363 g/mol. The van der Waals surface area contributed by atoms with Crippen LogP contribution in [0.4, 0.5) is 0 Å². The van der Waals surface area contributed by atoms with Crippen molar-refractivity contribution < 1.29 is 16.8 Å². The van der Waals surface area contributed by atoms with Crippen LogP contribution in [0.5, 0.6) is 0 Å². The summed E-state index contributed by atoms with van der Waals surface area (Å²) in [6.45, 7) is 0. The van der Waals surface area contributed by atoms with E-state index in [0.717, 1.165) is 0 Å². The molecule has 25 heavy (non-hydrogen) atoms. The summed E-state index contributed by atoms with van der Waals surface area (Å²) in [7, 11) is 0. The molecule has 121 valence electrons. The van der Waals surface area contributed by atoms with Crippen molar-refractivity contribution in [3.05, 3.63) is 47.6 Å². The van der Waals surface area contributed by atoms with Crippen molar-refractivity contribution in [2.45, 2.75) is 0 Å². The van der Waals surface area contributed by atoms with E-state index >= 15 is 0 Å². The Morgan fingerprint density at radius 2 is 0.720 bits per heavy atom. The Bertz CT molecular complexity index is 997.